The van der Waals surface area contributed by atoms with Crippen LogP contribution in [0.3, 0.4) is 0 Å². The van der Waals surface area contributed by atoms with Gasteiger partial charge in [0.05, 0.1) is 18.2 Å². The Kier molecular flexibility index (Phi) is 7.87. The highest BCUT2D eigenvalue weighted by Gasteiger charge is 2.12. The lowest BCUT2D eigenvalue weighted by atomic mass is 10.4. The molecule has 1 amide bonds. The zero-order valence-corrected chi connectivity index (χ0v) is 13.9. The number of carbonyl (C=O) groups is 2. The largest absolute Gasteiger partial charge is 0.455 e. The molecule has 0 radical (unpaired) electrons. The molecule has 1 aromatic carbocycles. The van der Waals surface area contributed by atoms with E-state index in [-0.39, 0.29) is 24.7 Å². The van der Waals surface area contributed by atoms with E-state index >= 15 is 0 Å². The minimum Gasteiger partial charge on any atom is -0.455 e. The van der Waals surface area contributed by atoms with Crippen LogP contribution >= 0.6 is 27.7 Å². The molecule has 0 heterocycles. The third-order valence-corrected chi connectivity index (χ3v) is 4.03. The number of amides is 1. The van der Waals surface area contributed by atoms with Crippen LogP contribution in [0.2, 0.25) is 0 Å². The van der Waals surface area contributed by atoms with Gasteiger partial charge in [0.25, 0.3) is 5.91 Å². The molecule has 0 unspecified atom stereocenters. The third-order valence-electron chi connectivity index (χ3n) is 2.51. The minimum absolute atomic E-state index is 0.150. The van der Waals surface area contributed by atoms with Crippen LogP contribution in [0, 0.1) is 11.3 Å². The van der Waals surface area contributed by atoms with Gasteiger partial charge in [-0.2, -0.15) is 5.26 Å². The van der Waals surface area contributed by atoms with E-state index in [1.54, 1.807) is 7.05 Å². The number of nitrogens with zero attached hydrogens (tertiary/aromatic N) is 2. The van der Waals surface area contributed by atoms with Crippen LogP contribution in [-0.2, 0) is 14.3 Å². The van der Waals surface area contributed by atoms with Gasteiger partial charge in [-0.25, -0.2) is 0 Å². The second-order valence-electron chi connectivity index (χ2n) is 4.13. The van der Waals surface area contributed by atoms with Crippen molar-refractivity contribution < 1.29 is 14.3 Å². The first-order valence-corrected chi connectivity index (χ1v) is 7.95. The summed E-state index contributed by atoms with van der Waals surface area (Å²) in [6, 6.07) is 9.52. The topological polar surface area (TPSA) is 70.4 Å². The number of likely N-dealkylation sites (N-methyl/N-ethyl adjacent to an activating group) is 1. The Hall–Kier alpha value is -1.52. The number of nitriles is 1. The van der Waals surface area contributed by atoms with Gasteiger partial charge in [-0.3, -0.25) is 9.59 Å². The number of esters is 1. The molecule has 0 aliphatic carbocycles. The van der Waals surface area contributed by atoms with Crippen molar-refractivity contribution in [2.24, 2.45) is 0 Å². The van der Waals surface area contributed by atoms with Crippen molar-refractivity contribution in [3.8, 4) is 6.07 Å². The lowest BCUT2D eigenvalue weighted by Crippen LogP contribution is -2.32. The van der Waals surface area contributed by atoms with Gasteiger partial charge in [-0.1, -0.05) is 15.9 Å². The number of hydrogen-bond acceptors (Lipinski definition) is 5. The second kappa shape index (κ2) is 9.42. The molecule has 0 N–H and O–H groups in total. The van der Waals surface area contributed by atoms with E-state index in [2.05, 4.69) is 15.9 Å². The zero-order chi connectivity index (χ0) is 15.7. The molecule has 7 heteroatoms. The smallest absolute Gasteiger partial charge is 0.316 e. The summed E-state index contributed by atoms with van der Waals surface area (Å²) >= 11 is 4.68. The molecule has 0 spiro atoms. The van der Waals surface area contributed by atoms with E-state index in [4.69, 9.17) is 10.00 Å². The van der Waals surface area contributed by atoms with Crippen molar-refractivity contribution in [1.82, 2.24) is 4.90 Å². The van der Waals surface area contributed by atoms with Gasteiger partial charge in [-0.15, -0.1) is 11.8 Å². The molecule has 0 aliphatic rings. The maximum Gasteiger partial charge on any atom is 0.316 e. The molecule has 112 valence electrons. The first-order valence-electron chi connectivity index (χ1n) is 6.18. The summed E-state index contributed by atoms with van der Waals surface area (Å²) in [4.78, 5) is 25.5. The number of hydrogen-bond donors (Lipinski definition) is 0. The van der Waals surface area contributed by atoms with Crippen LogP contribution in [0.25, 0.3) is 0 Å². The van der Waals surface area contributed by atoms with Crippen molar-refractivity contribution in [1.29, 1.82) is 5.26 Å². The molecule has 0 bridgehead atoms. The SMILES string of the molecule is CN(CCC#N)C(=O)COC(=O)CSc1ccc(Br)cc1. The summed E-state index contributed by atoms with van der Waals surface area (Å²) in [7, 11) is 1.57. The number of halogens is 1. The fraction of sp³-hybridized carbons (Fsp3) is 0.357. The highest BCUT2D eigenvalue weighted by atomic mass is 79.9. The fourth-order valence-corrected chi connectivity index (χ4v) is 2.27. The van der Waals surface area contributed by atoms with Crippen LogP contribution in [0.4, 0.5) is 0 Å². The van der Waals surface area contributed by atoms with Crippen molar-refractivity contribution in [3.63, 3.8) is 0 Å². The Bertz CT molecular complexity index is 528. The maximum absolute atomic E-state index is 11.6. The Morgan fingerprint density at radius 3 is 2.67 bits per heavy atom. The average Bonchev–Trinajstić information content (AvgIpc) is 2.49. The molecule has 0 saturated carbocycles. The van der Waals surface area contributed by atoms with Crippen molar-refractivity contribution in [2.75, 3.05) is 26.0 Å². The Morgan fingerprint density at radius 1 is 1.38 bits per heavy atom. The van der Waals surface area contributed by atoms with Gasteiger partial charge in [0.1, 0.15) is 0 Å². The Balaban J connectivity index is 2.26. The van der Waals surface area contributed by atoms with E-state index in [0.29, 0.717) is 6.54 Å². The summed E-state index contributed by atoms with van der Waals surface area (Å²) in [5.74, 6) is -0.603. The lowest BCUT2D eigenvalue weighted by molar-refractivity contribution is -0.149. The van der Waals surface area contributed by atoms with Gasteiger partial charge in [-0.05, 0) is 24.3 Å². The molecule has 1 aromatic rings. The van der Waals surface area contributed by atoms with Gasteiger partial charge < -0.3 is 9.64 Å². The van der Waals surface area contributed by atoms with E-state index in [1.165, 1.54) is 16.7 Å². The normalized spacial score (nSPS) is 9.76. The van der Waals surface area contributed by atoms with Gasteiger partial charge in [0.15, 0.2) is 6.61 Å². The number of thioether (sulfide) groups is 1. The van der Waals surface area contributed by atoms with E-state index in [9.17, 15) is 9.59 Å². The van der Waals surface area contributed by atoms with E-state index in [0.717, 1.165) is 9.37 Å². The molecular weight excluding hydrogens is 356 g/mol. The zero-order valence-electron chi connectivity index (χ0n) is 11.5. The molecule has 0 aromatic heterocycles. The summed E-state index contributed by atoms with van der Waals surface area (Å²) in [5.41, 5.74) is 0. The van der Waals surface area contributed by atoms with Crippen LogP contribution in [-0.4, -0.2) is 42.7 Å². The first-order chi connectivity index (χ1) is 10.0. The van der Waals surface area contributed by atoms with Crippen molar-refractivity contribution in [3.05, 3.63) is 28.7 Å². The minimum atomic E-state index is -0.440. The maximum atomic E-state index is 11.6. The predicted octanol–water partition coefficient (Wildman–Crippen LogP) is 2.46. The average molecular weight is 371 g/mol. The van der Waals surface area contributed by atoms with E-state index < -0.39 is 5.97 Å². The first kappa shape index (κ1) is 17.5. The van der Waals surface area contributed by atoms with Gasteiger partial charge in [0, 0.05) is 23.0 Å². The standard InChI is InChI=1S/C14H15BrN2O3S/c1-17(8-2-7-16)13(18)9-20-14(19)10-21-12-5-3-11(15)4-6-12/h3-6H,2,8-10H2,1H3. The molecule has 5 nitrogen and oxygen atoms in total. The van der Waals surface area contributed by atoms with Gasteiger partial charge in [0.2, 0.25) is 0 Å². The molecule has 1 rings (SSSR count). The number of carbonyl (C=O) groups excluding carboxylic acids is 2. The quantitative estimate of drug-likeness (QED) is 0.544. The summed E-state index contributed by atoms with van der Waals surface area (Å²) in [5, 5.41) is 8.43. The van der Waals surface area contributed by atoms with Gasteiger partial charge >= 0.3 is 5.97 Å². The van der Waals surface area contributed by atoms with Crippen LogP contribution in [0.5, 0.6) is 0 Å². The van der Waals surface area contributed by atoms with Crippen molar-refractivity contribution >= 4 is 39.6 Å². The Labute approximate surface area is 136 Å². The van der Waals surface area contributed by atoms with Crippen LogP contribution in [0.15, 0.2) is 33.6 Å². The highest BCUT2D eigenvalue weighted by molar-refractivity contribution is 9.10. The molecule has 0 saturated heterocycles. The van der Waals surface area contributed by atoms with Crippen LogP contribution < -0.4 is 0 Å². The van der Waals surface area contributed by atoms with Crippen LogP contribution in [0.1, 0.15) is 6.42 Å². The fourth-order valence-electron chi connectivity index (χ4n) is 1.31. The third kappa shape index (κ3) is 7.16. The highest BCUT2D eigenvalue weighted by Crippen LogP contribution is 2.20. The monoisotopic (exact) mass is 370 g/mol. The molecule has 0 fully saturated rings. The summed E-state index contributed by atoms with van der Waals surface area (Å²) < 4.78 is 5.88. The summed E-state index contributed by atoms with van der Waals surface area (Å²) in [6.07, 6.45) is 0.260. The lowest BCUT2D eigenvalue weighted by Gasteiger charge is -2.15. The predicted molar refractivity (Wildman–Crippen MR) is 83.7 cm³/mol. The Morgan fingerprint density at radius 2 is 2.05 bits per heavy atom. The molecular formula is C14H15BrN2O3S. The second-order valence-corrected chi connectivity index (χ2v) is 6.09. The van der Waals surface area contributed by atoms with Crippen molar-refractivity contribution in [2.45, 2.75) is 11.3 Å². The molecule has 21 heavy (non-hydrogen) atoms. The molecule has 0 atom stereocenters. The summed E-state index contributed by atoms with van der Waals surface area (Å²) in [6.45, 7) is 0.0438. The number of rotatable bonds is 7. The number of ether oxygens (including phenoxy) is 1. The molecule has 0 aliphatic heterocycles. The van der Waals surface area contributed by atoms with E-state index in [1.807, 2.05) is 30.3 Å². The number of benzene rings is 1.